The Morgan fingerprint density at radius 1 is 1.47 bits per heavy atom. The highest BCUT2D eigenvalue weighted by molar-refractivity contribution is 5.85. The molecule has 2 nitrogen and oxygen atoms in total. The van der Waals surface area contributed by atoms with Crippen LogP contribution in [-0.2, 0) is 0 Å². The van der Waals surface area contributed by atoms with Gasteiger partial charge in [-0.15, -0.1) is 19.0 Å². The highest BCUT2D eigenvalue weighted by Gasteiger charge is 2.19. The van der Waals surface area contributed by atoms with Crippen molar-refractivity contribution < 1.29 is 13.5 Å². The zero-order chi connectivity index (χ0) is 12.1. The first-order valence-corrected chi connectivity index (χ1v) is 5.00. The Bertz CT molecular complexity index is 385. The first-order chi connectivity index (χ1) is 7.61. The van der Waals surface area contributed by atoms with Crippen LogP contribution in [-0.4, -0.2) is 7.11 Å². The lowest BCUT2D eigenvalue weighted by molar-refractivity contribution is 0.377. The normalized spacial score (nSPS) is 11.5. The topological polar surface area (TPSA) is 35.2 Å². The Hall–Kier alpha value is -1.13. The van der Waals surface area contributed by atoms with Gasteiger partial charge in [-0.1, -0.05) is 6.08 Å². The number of hydrogen-bond acceptors (Lipinski definition) is 2. The van der Waals surface area contributed by atoms with E-state index in [1.54, 1.807) is 6.08 Å². The second-order valence-electron chi connectivity index (χ2n) is 3.45. The van der Waals surface area contributed by atoms with E-state index in [0.717, 1.165) is 6.07 Å². The van der Waals surface area contributed by atoms with Crippen LogP contribution in [0.15, 0.2) is 24.8 Å². The maximum absolute atomic E-state index is 13.7. The van der Waals surface area contributed by atoms with Crippen molar-refractivity contribution in [2.45, 2.75) is 18.9 Å². The molecule has 2 N–H and O–H groups in total. The molecular formula is C12H16ClF2NO. The molecule has 1 aromatic rings. The molecule has 0 saturated heterocycles. The van der Waals surface area contributed by atoms with E-state index in [1.165, 1.54) is 13.2 Å². The van der Waals surface area contributed by atoms with Crippen molar-refractivity contribution in [1.82, 2.24) is 0 Å². The van der Waals surface area contributed by atoms with Crippen LogP contribution in [0.4, 0.5) is 8.78 Å². The van der Waals surface area contributed by atoms with Gasteiger partial charge in [0.15, 0.2) is 11.6 Å². The zero-order valence-electron chi connectivity index (χ0n) is 9.58. The number of ether oxygens (including phenoxy) is 1. The summed E-state index contributed by atoms with van der Waals surface area (Å²) in [5.74, 6) is -1.36. The summed E-state index contributed by atoms with van der Waals surface area (Å²) in [6, 6.07) is 1.72. The van der Waals surface area contributed by atoms with Gasteiger partial charge in [-0.2, -0.15) is 0 Å². The van der Waals surface area contributed by atoms with Crippen LogP contribution in [0.3, 0.4) is 0 Å². The maximum Gasteiger partial charge on any atom is 0.172 e. The largest absolute Gasteiger partial charge is 0.494 e. The fourth-order valence-electron chi connectivity index (χ4n) is 1.49. The fourth-order valence-corrected chi connectivity index (χ4v) is 1.49. The summed E-state index contributed by atoms with van der Waals surface area (Å²) in [6.07, 6.45) is 2.72. The van der Waals surface area contributed by atoms with Crippen molar-refractivity contribution >= 4 is 12.4 Å². The predicted molar refractivity (Wildman–Crippen MR) is 66.5 cm³/mol. The molecule has 17 heavy (non-hydrogen) atoms. The van der Waals surface area contributed by atoms with Gasteiger partial charge in [0.1, 0.15) is 5.82 Å². The Morgan fingerprint density at radius 2 is 2.12 bits per heavy atom. The van der Waals surface area contributed by atoms with E-state index in [2.05, 4.69) is 6.58 Å². The summed E-state index contributed by atoms with van der Waals surface area (Å²) < 4.78 is 32.0. The lowest BCUT2D eigenvalue weighted by Crippen LogP contribution is -2.14. The molecule has 96 valence electrons. The molecule has 0 saturated carbocycles. The van der Waals surface area contributed by atoms with Crippen LogP contribution in [0.1, 0.15) is 24.4 Å². The highest BCUT2D eigenvalue weighted by atomic mass is 35.5. The molecule has 0 aromatic heterocycles. The molecule has 0 radical (unpaired) electrons. The minimum Gasteiger partial charge on any atom is -0.494 e. The molecule has 0 heterocycles. The number of benzene rings is 1. The molecule has 1 atom stereocenters. The Labute approximate surface area is 106 Å². The van der Waals surface area contributed by atoms with Crippen LogP contribution in [0.2, 0.25) is 0 Å². The van der Waals surface area contributed by atoms with Gasteiger partial charge in [-0.3, -0.25) is 0 Å². The fraction of sp³-hybridized carbons (Fsp3) is 0.333. The lowest BCUT2D eigenvalue weighted by atomic mass is 10.0. The summed E-state index contributed by atoms with van der Waals surface area (Å²) in [4.78, 5) is 0. The molecule has 0 aliphatic rings. The number of nitrogens with two attached hydrogens (primary N) is 1. The van der Waals surface area contributed by atoms with E-state index in [4.69, 9.17) is 10.5 Å². The Balaban J connectivity index is 0.00000256. The number of allylic oxidation sites excluding steroid dienone is 1. The Kier molecular flexibility index (Phi) is 6.76. The van der Waals surface area contributed by atoms with Crippen molar-refractivity contribution in [2.75, 3.05) is 7.11 Å². The maximum atomic E-state index is 13.7. The van der Waals surface area contributed by atoms with E-state index >= 15 is 0 Å². The van der Waals surface area contributed by atoms with Crippen LogP contribution in [0.25, 0.3) is 0 Å². The van der Waals surface area contributed by atoms with E-state index in [-0.39, 0.29) is 23.7 Å². The van der Waals surface area contributed by atoms with Crippen molar-refractivity contribution in [3.05, 3.63) is 42.0 Å². The van der Waals surface area contributed by atoms with Gasteiger partial charge in [0.25, 0.3) is 0 Å². The van der Waals surface area contributed by atoms with Crippen molar-refractivity contribution in [2.24, 2.45) is 5.73 Å². The summed E-state index contributed by atoms with van der Waals surface area (Å²) in [6.45, 7) is 3.54. The first-order valence-electron chi connectivity index (χ1n) is 5.00. The molecule has 0 unspecified atom stereocenters. The van der Waals surface area contributed by atoms with Crippen molar-refractivity contribution in [3.63, 3.8) is 0 Å². The second-order valence-corrected chi connectivity index (χ2v) is 3.45. The minimum atomic E-state index is -0.723. The molecular weight excluding hydrogens is 248 g/mol. The second kappa shape index (κ2) is 7.25. The van der Waals surface area contributed by atoms with E-state index < -0.39 is 17.7 Å². The first kappa shape index (κ1) is 15.9. The third-order valence-electron chi connectivity index (χ3n) is 2.36. The van der Waals surface area contributed by atoms with Crippen LogP contribution >= 0.6 is 12.4 Å². The van der Waals surface area contributed by atoms with Crippen LogP contribution in [0, 0.1) is 11.6 Å². The van der Waals surface area contributed by atoms with Crippen LogP contribution < -0.4 is 10.5 Å². The predicted octanol–water partition coefficient (Wildman–Crippen LogP) is 3.36. The summed E-state index contributed by atoms with van der Waals surface area (Å²) >= 11 is 0. The standard InChI is InChI=1S/C12H15F2NO.ClH/c1-3-4-5-9(15)11-8(13)6-7-10(16-2)12(11)14;/h3,6-7,9H,1,4-5,15H2,2H3;1H/t9-;/m1./s1. The van der Waals surface area contributed by atoms with Crippen molar-refractivity contribution in [3.8, 4) is 5.75 Å². The molecule has 0 fully saturated rings. The molecule has 0 amide bonds. The monoisotopic (exact) mass is 263 g/mol. The average molecular weight is 264 g/mol. The number of hydrogen-bond donors (Lipinski definition) is 1. The third-order valence-corrected chi connectivity index (χ3v) is 2.36. The molecule has 0 bridgehead atoms. The quantitative estimate of drug-likeness (QED) is 0.827. The lowest BCUT2D eigenvalue weighted by Gasteiger charge is -2.14. The van der Waals surface area contributed by atoms with E-state index in [9.17, 15) is 8.78 Å². The summed E-state index contributed by atoms with van der Waals surface area (Å²) in [7, 11) is 1.33. The third kappa shape index (κ3) is 3.68. The van der Waals surface area contributed by atoms with Crippen LogP contribution in [0.5, 0.6) is 5.75 Å². The average Bonchev–Trinajstić information content (AvgIpc) is 2.26. The van der Waals surface area contributed by atoms with Gasteiger partial charge in [0.05, 0.1) is 7.11 Å². The summed E-state index contributed by atoms with van der Waals surface area (Å²) in [5.41, 5.74) is 5.60. The summed E-state index contributed by atoms with van der Waals surface area (Å²) in [5, 5.41) is 0. The van der Waals surface area contributed by atoms with E-state index in [1.807, 2.05) is 0 Å². The Morgan fingerprint density at radius 3 is 2.65 bits per heavy atom. The highest BCUT2D eigenvalue weighted by Crippen LogP contribution is 2.28. The molecule has 1 aromatic carbocycles. The van der Waals surface area contributed by atoms with Gasteiger partial charge in [0, 0.05) is 11.6 Å². The van der Waals surface area contributed by atoms with Gasteiger partial charge in [-0.25, -0.2) is 8.78 Å². The SMILES string of the molecule is C=CCC[C@@H](N)c1c(F)ccc(OC)c1F.Cl. The number of methoxy groups -OCH3 is 1. The molecule has 0 aliphatic heterocycles. The van der Waals surface area contributed by atoms with E-state index in [0.29, 0.717) is 12.8 Å². The minimum absolute atomic E-state index is 0. The molecule has 0 aliphatic carbocycles. The number of halogens is 3. The molecule has 5 heteroatoms. The zero-order valence-corrected chi connectivity index (χ0v) is 10.4. The molecule has 0 spiro atoms. The van der Waals surface area contributed by atoms with Gasteiger partial charge in [0.2, 0.25) is 0 Å². The smallest absolute Gasteiger partial charge is 0.172 e. The van der Waals surface area contributed by atoms with Gasteiger partial charge < -0.3 is 10.5 Å². The van der Waals surface area contributed by atoms with Crippen molar-refractivity contribution in [1.29, 1.82) is 0 Å². The van der Waals surface area contributed by atoms with Gasteiger partial charge in [-0.05, 0) is 25.0 Å². The molecule has 1 rings (SSSR count). The van der Waals surface area contributed by atoms with Gasteiger partial charge >= 0.3 is 0 Å². The number of rotatable bonds is 5.